The molecule has 2 rings (SSSR count). The third-order valence-electron chi connectivity index (χ3n) is 2.66. The molecule has 0 radical (unpaired) electrons. The summed E-state index contributed by atoms with van der Waals surface area (Å²) in [4.78, 5) is 25.0. The van der Waals surface area contributed by atoms with Crippen molar-refractivity contribution in [3.63, 3.8) is 0 Å². The number of nitro groups is 1. The number of carbonyl (C=O) groups is 1. The van der Waals surface area contributed by atoms with Crippen molar-refractivity contribution in [2.45, 2.75) is 6.92 Å². The highest BCUT2D eigenvalue weighted by molar-refractivity contribution is 5.89. The molecule has 0 aliphatic rings. The van der Waals surface area contributed by atoms with Gasteiger partial charge < -0.3 is 10.4 Å². The molecule has 1 aromatic carbocycles. The Bertz CT molecular complexity index is 685. The second-order valence-corrected chi connectivity index (χ2v) is 4.12. The van der Waals surface area contributed by atoms with Gasteiger partial charge in [0.25, 0.3) is 5.69 Å². The van der Waals surface area contributed by atoms with Crippen molar-refractivity contribution in [3.05, 3.63) is 57.8 Å². The number of nitrogens with zero attached hydrogens (tertiary/aromatic N) is 2. The third-order valence-corrected chi connectivity index (χ3v) is 2.66. The number of hydrogen-bond donors (Lipinski definition) is 2. The summed E-state index contributed by atoms with van der Waals surface area (Å²) < 4.78 is 0. The predicted octanol–water partition coefficient (Wildman–Crippen LogP) is 2.74. The molecule has 0 unspecified atom stereocenters. The fourth-order valence-electron chi connectivity index (χ4n) is 1.69. The summed E-state index contributed by atoms with van der Waals surface area (Å²) in [5.74, 6) is -0.614. The van der Waals surface area contributed by atoms with Crippen LogP contribution in [0, 0.1) is 17.0 Å². The molecule has 0 atom stereocenters. The number of carboxylic acid groups (broad SMARTS) is 1. The number of nitrogens with one attached hydrogen (secondary N) is 1. The summed E-state index contributed by atoms with van der Waals surface area (Å²) in [6.07, 6.45) is 1.17. The van der Waals surface area contributed by atoms with Crippen LogP contribution in [0.15, 0.2) is 36.5 Å². The Labute approximate surface area is 114 Å². The molecule has 1 heterocycles. The minimum Gasteiger partial charge on any atom is -0.478 e. The third kappa shape index (κ3) is 2.89. The number of anilines is 2. The Hall–Kier alpha value is -2.96. The van der Waals surface area contributed by atoms with Crippen molar-refractivity contribution in [3.8, 4) is 0 Å². The van der Waals surface area contributed by atoms with Gasteiger partial charge >= 0.3 is 5.97 Å². The Balaban J connectivity index is 2.26. The van der Waals surface area contributed by atoms with Gasteiger partial charge in [-0.3, -0.25) is 10.1 Å². The number of aromatic carboxylic acids is 1. The molecule has 2 aromatic rings. The van der Waals surface area contributed by atoms with Gasteiger partial charge in [0.15, 0.2) is 0 Å². The topological polar surface area (TPSA) is 105 Å². The highest BCUT2D eigenvalue weighted by atomic mass is 16.6. The van der Waals surface area contributed by atoms with Gasteiger partial charge in [0.05, 0.1) is 10.5 Å². The van der Waals surface area contributed by atoms with Gasteiger partial charge in [0.2, 0.25) is 0 Å². The van der Waals surface area contributed by atoms with Gasteiger partial charge in [0, 0.05) is 11.3 Å². The number of aromatic nitrogens is 1. The van der Waals surface area contributed by atoms with Crippen molar-refractivity contribution in [1.82, 2.24) is 4.98 Å². The summed E-state index contributed by atoms with van der Waals surface area (Å²) in [6, 6.07) is 7.75. The van der Waals surface area contributed by atoms with Crippen molar-refractivity contribution >= 4 is 23.2 Å². The lowest BCUT2D eigenvalue weighted by atomic mass is 10.2. The highest BCUT2D eigenvalue weighted by Crippen LogP contribution is 2.22. The zero-order chi connectivity index (χ0) is 14.7. The number of hydrogen-bond acceptors (Lipinski definition) is 5. The van der Waals surface area contributed by atoms with Gasteiger partial charge in [0.1, 0.15) is 12.0 Å². The number of carboxylic acids is 1. The molecule has 1 aromatic heterocycles. The minimum absolute atomic E-state index is 0.0603. The number of aryl methyl sites for hydroxylation is 1. The maximum Gasteiger partial charge on any atom is 0.335 e. The zero-order valence-electron chi connectivity index (χ0n) is 10.5. The molecule has 0 amide bonds. The number of rotatable bonds is 4. The van der Waals surface area contributed by atoms with Crippen LogP contribution in [-0.2, 0) is 0 Å². The lowest BCUT2D eigenvalue weighted by molar-refractivity contribution is -0.385. The summed E-state index contributed by atoms with van der Waals surface area (Å²) in [5, 5.41) is 22.5. The molecule has 0 spiro atoms. The van der Waals surface area contributed by atoms with Crippen LogP contribution in [0.1, 0.15) is 15.9 Å². The maximum absolute atomic E-state index is 10.9. The Morgan fingerprint density at radius 2 is 2.15 bits per heavy atom. The molecule has 7 nitrogen and oxygen atoms in total. The first-order valence-corrected chi connectivity index (χ1v) is 5.69. The van der Waals surface area contributed by atoms with Crippen LogP contribution >= 0.6 is 0 Å². The average molecular weight is 273 g/mol. The molecule has 7 heteroatoms. The summed E-state index contributed by atoms with van der Waals surface area (Å²) in [5.41, 5.74) is 1.11. The zero-order valence-corrected chi connectivity index (χ0v) is 10.5. The SMILES string of the molecule is Cc1cc(Nc2cccc(C(=O)O)c2)ncc1[N+](=O)[O-]. The minimum atomic E-state index is -1.03. The molecule has 20 heavy (non-hydrogen) atoms. The Kier molecular flexibility index (Phi) is 3.60. The molecule has 2 N–H and O–H groups in total. The Morgan fingerprint density at radius 1 is 1.40 bits per heavy atom. The van der Waals surface area contributed by atoms with E-state index in [4.69, 9.17) is 5.11 Å². The molecule has 0 aliphatic heterocycles. The number of benzene rings is 1. The second kappa shape index (κ2) is 5.35. The van der Waals surface area contributed by atoms with Crippen LogP contribution in [0.3, 0.4) is 0 Å². The fourth-order valence-corrected chi connectivity index (χ4v) is 1.69. The van der Waals surface area contributed by atoms with Crippen LogP contribution in [0.2, 0.25) is 0 Å². The largest absolute Gasteiger partial charge is 0.478 e. The predicted molar refractivity (Wildman–Crippen MR) is 72.3 cm³/mol. The van der Waals surface area contributed by atoms with E-state index in [2.05, 4.69) is 10.3 Å². The van der Waals surface area contributed by atoms with E-state index in [-0.39, 0.29) is 11.3 Å². The summed E-state index contributed by atoms with van der Waals surface area (Å²) >= 11 is 0. The van der Waals surface area contributed by atoms with Crippen molar-refractivity contribution in [2.75, 3.05) is 5.32 Å². The molecule has 0 bridgehead atoms. The highest BCUT2D eigenvalue weighted by Gasteiger charge is 2.11. The van der Waals surface area contributed by atoms with E-state index < -0.39 is 10.9 Å². The lowest BCUT2D eigenvalue weighted by Crippen LogP contribution is -2.00. The fraction of sp³-hybridized carbons (Fsp3) is 0.0769. The first kappa shape index (κ1) is 13.5. The molecule has 0 saturated carbocycles. The van der Waals surface area contributed by atoms with E-state index in [9.17, 15) is 14.9 Å². The van der Waals surface area contributed by atoms with Gasteiger partial charge in [-0.15, -0.1) is 0 Å². The van der Waals surface area contributed by atoms with E-state index in [0.29, 0.717) is 17.1 Å². The van der Waals surface area contributed by atoms with E-state index >= 15 is 0 Å². The van der Waals surface area contributed by atoms with Gasteiger partial charge in [-0.25, -0.2) is 9.78 Å². The molecule has 0 aliphatic carbocycles. The molecule has 0 saturated heterocycles. The maximum atomic E-state index is 10.9. The second-order valence-electron chi connectivity index (χ2n) is 4.12. The number of pyridine rings is 1. The van der Waals surface area contributed by atoms with Crippen LogP contribution in [0.25, 0.3) is 0 Å². The normalized spacial score (nSPS) is 10.1. The van der Waals surface area contributed by atoms with Crippen molar-refractivity contribution in [1.29, 1.82) is 0 Å². The van der Waals surface area contributed by atoms with Gasteiger partial charge in [-0.2, -0.15) is 0 Å². The average Bonchev–Trinajstić information content (AvgIpc) is 2.38. The molecular weight excluding hydrogens is 262 g/mol. The molecule has 0 fully saturated rings. The Morgan fingerprint density at radius 3 is 2.75 bits per heavy atom. The van der Waals surface area contributed by atoms with E-state index in [1.54, 1.807) is 19.1 Å². The molecular formula is C13H11N3O4. The standard InChI is InChI=1S/C13H11N3O4/c1-8-5-12(14-7-11(8)16(19)20)15-10-4-2-3-9(6-10)13(17)18/h2-7H,1H3,(H,14,15)(H,17,18). The van der Waals surface area contributed by atoms with Crippen molar-refractivity contribution in [2.24, 2.45) is 0 Å². The van der Waals surface area contributed by atoms with Crippen LogP contribution in [-0.4, -0.2) is 21.0 Å². The van der Waals surface area contributed by atoms with Crippen molar-refractivity contribution < 1.29 is 14.8 Å². The first-order chi connectivity index (χ1) is 9.47. The molecule has 102 valence electrons. The smallest absolute Gasteiger partial charge is 0.335 e. The lowest BCUT2D eigenvalue weighted by Gasteiger charge is -2.07. The van der Waals surface area contributed by atoms with Crippen LogP contribution < -0.4 is 5.32 Å². The summed E-state index contributed by atoms with van der Waals surface area (Å²) in [6.45, 7) is 1.61. The van der Waals surface area contributed by atoms with E-state index in [1.165, 1.54) is 24.4 Å². The summed E-state index contributed by atoms with van der Waals surface area (Å²) in [7, 11) is 0. The van der Waals surface area contributed by atoms with Gasteiger partial charge in [-0.05, 0) is 31.2 Å². The van der Waals surface area contributed by atoms with Gasteiger partial charge in [-0.1, -0.05) is 6.07 Å². The first-order valence-electron chi connectivity index (χ1n) is 5.69. The quantitative estimate of drug-likeness (QED) is 0.655. The van der Waals surface area contributed by atoms with E-state index in [0.717, 1.165) is 0 Å². The van der Waals surface area contributed by atoms with Crippen LogP contribution in [0.4, 0.5) is 17.2 Å². The monoisotopic (exact) mass is 273 g/mol. The van der Waals surface area contributed by atoms with E-state index in [1.807, 2.05) is 0 Å². The van der Waals surface area contributed by atoms with Crippen LogP contribution in [0.5, 0.6) is 0 Å².